The molecule has 5 rings (SSSR count). The van der Waals surface area contributed by atoms with Gasteiger partial charge in [-0.15, -0.1) is 0 Å². The lowest BCUT2D eigenvalue weighted by atomic mass is 9.81. The van der Waals surface area contributed by atoms with Gasteiger partial charge in [-0.2, -0.15) is 0 Å². The van der Waals surface area contributed by atoms with E-state index in [2.05, 4.69) is 15.6 Å². The van der Waals surface area contributed by atoms with E-state index in [-0.39, 0.29) is 37.1 Å². The van der Waals surface area contributed by atoms with E-state index in [0.29, 0.717) is 11.2 Å². The zero-order valence-electron chi connectivity index (χ0n) is 16.0. The number of ether oxygens (including phenoxy) is 1. The maximum Gasteiger partial charge on any atom is 0.243 e. The number of hydrogen-bond donors (Lipinski definition) is 2. The van der Waals surface area contributed by atoms with Crippen LogP contribution < -0.4 is 10.6 Å². The Morgan fingerprint density at radius 1 is 1.03 bits per heavy atom. The fraction of sp³-hybridized carbons (Fsp3) is 0.381. The second-order valence-electron chi connectivity index (χ2n) is 7.81. The van der Waals surface area contributed by atoms with Crippen LogP contribution in [0.4, 0.5) is 5.69 Å². The van der Waals surface area contributed by atoms with Crippen LogP contribution in [0.1, 0.15) is 12.8 Å². The Kier molecular flexibility index (Phi) is 4.47. The first-order valence-corrected chi connectivity index (χ1v) is 9.94. The molecule has 0 aliphatic carbocycles. The Morgan fingerprint density at radius 2 is 1.73 bits per heavy atom. The quantitative estimate of drug-likeness (QED) is 0.694. The number of carbonyl (C=O) groups excluding carboxylic acids is 4. The number of benzene rings is 1. The van der Waals surface area contributed by atoms with Gasteiger partial charge in [-0.3, -0.25) is 29.1 Å². The maximum absolute atomic E-state index is 12.6. The molecule has 9 heteroatoms. The van der Waals surface area contributed by atoms with Crippen molar-refractivity contribution in [1.29, 1.82) is 0 Å². The van der Waals surface area contributed by atoms with Crippen LogP contribution in [0.3, 0.4) is 0 Å². The fourth-order valence-electron chi connectivity index (χ4n) is 4.71. The monoisotopic (exact) mass is 408 g/mol. The zero-order chi connectivity index (χ0) is 20.8. The lowest BCUT2D eigenvalue weighted by Crippen LogP contribution is -2.44. The number of amides is 4. The summed E-state index contributed by atoms with van der Waals surface area (Å²) in [4.78, 5) is 55.0. The summed E-state index contributed by atoms with van der Waals surface area (Å²) in [5.74, 6) is -2.62. The molecular formula is C21H20N4O5. The van der Waals surface area contributed by atoms with Crippen molar-refractivity contribution in [3.63, 3.8) is 0 Å². The zero-order valence-corrected chi connectivity index (χ0v) is 16.0. The summed E-state index contributed by atoms with van der Waals surface area (Å²) in [6, 6.07) is 9.11. The second kappa shape index (κ2) is 7.17. The molecule has 0 saturated carbocycles. The van der Waals surface area contributed by atoms with E-state index in [9.17, 15) is 19.2 Å². The molecule has 154 valence electrons. The summed E-state index contributed by atoms with van der Waals surface area (Å²) in [5, 5.41) is 6.08. The van der Waals surface area contributed by atoms with Gasteiger partial charge in [0.2, 0.25) is 23.6 Å². The van der Waals surface area contributed by atoms with Gasteiger partial charge in [-0.1, -0.05) is 18.2 Å². The average molecular weight is 408 g/mol. The van der Waals surface area contributed by atoms with Crippen molar-refractivity contribution in [3.8, 4) is 0 Å². The van der Waals surface area contributed by atoms with Gasteiger partial charge in [0.15, 0.2) is 0 Å². The smallest absolute Gasteiger partial charge is 0.243 e. The summed E-state index contributed by atoms with van der Waals surface area (Å²) < 4.78 is 5.67. The molecule has 3 fully saturated rings. The third kappa shape index (κ3) is 3.02. The molecule has 2 bridgehead atoms. The van der Waals surface area contributed by atoms with Crippen molar-refractivity contribution in [2.45, 2.75) is 25.0 Å². The van der Waals surface area contributed by atoms with Gasteiger partial charge in [0.25, 0.3) is 0 Å². The molecule has 1 aromatic carbocycles. The van der Waals surface area contributed by atoms with Crippen LogP contribution in [0.5, 0.6) is 0 Å². The summed E-state index contributed by atoms with van der Waals surface area (Å²) >= 11 is 0. The van der Waals surface area contributed by atoms with Gasteiger partial charge in [-0.05, 0) is 25.0 Å². The number of likely N-dealkylation sites (tertiary alicyclic amines) is 1. The number of nitrogens with one attached hydrogen (secondary N) is 2. The van der Waals surface area contributed by atoms with Crippen LogP contribution in [0, 0.1) is 11.8 Å². The number of fused-ring (bicyclic) bond motifs is 6. The van der Waals surface area contributed by atoms with Crippen LogP contribution in [0.2, 0.25) is 0 Å². The number of para-hydroxylation sites is 1. The van der Waals surface area contributed by atoms with Gasteiger partial charge < -0.3 is 15.4 Å². The van der Waals surface area contributed by atoms with Gasteiger partial charge in [-0.25, -0.2) is 0 Å². The number of nitrogens with zero attached hydrogens (tertiary/aromatic N) is 2. The number of hydrogen-bond acceptors (Lipinski definition) is 6. The summed E-state index contributed by atoms with van der Waals surface area (Å²) in [6.45, 7) is -0.660. The van der Waals surface area contributed by atoms with Gasteiger partial charge >= 0.3 is 0 Å². The highest BCUT2D eigenvalue weighted by molar-refractivity contribution is 6.08. The molecule has 30 heavy (non-hydrogen) atoms. The van der Waals surface area contributed by atoms with E-state index in [1.807, 2.05) is 12.1 Å². The largest absolute Gasteiger partial charge is 0.373 e. The van der Waals surface area contributed by atoms with E-state index >= 15 is 0 Å². The molecule has 0 radical (unpaired) electrons. The van der Waals surface area contributed by atoms with Crippen LogP contribution in [-0.2, 0) is 23.9 Å². The van der Waals surface area contributed by atoms with Gasteiger partial charge in [0.05, 0.1) is 41.8 Å². The first-order valence-electron chi connectivity index (χ1n) is 9.94. The number of pyridine rings is 1. The van der Waals surface area contributed by atoms with Gasteiger partial charge in [0, 0.05) is 11.6 Å². The highest BCUT2D eigenvalue weighted by Crippen LogP contribution is 2.48. The first-order chi connectivity index (χ1) is 14.5. The normalized spacial score (nSPS) is 26.9. The van der Waals surface area contributed by atoms with E-state index < -0.39 is 23.7 Å². The second-order valence-corrected chi connectivity index (χ2v) is 7.81. The Balaban J connectivity index is 1.17. The summed E-state index contributed by atoms with van der Waals surface area (Å²) in [6.07, 6.45) is 2.74. The minimum atomic E-state index is -0.559. The maximum atomic E-state index is 12.6. The predicted molar refractivity (Wildman–Crippen MR) is 105 cm³/mol. The van der Waals surface area contributed by atoms with Crippen LogP contribution in [-0.4, -0.2) is 58.8 Å². The van der Waals surface area contributed by atoms with E-state index in [1.165, 1.54) is 0 Å². The molecule has 0 spiro atoms. The van der Waals surface area contributed by atoms with Crippen molar-refractivity contribution in [2.75, 3.05) is 18.4 Å². The SMILES string of the molecule is O=C(CN1C(=O)C2C3CCC(O3)C2C1=O)NCC(=O)Nc1cccc2cccnc12. The number of carbonyl (C=O) groups is 4. The van der Waals surface area contributed by atoms with Crippen molar-refractivity contribution < 1.29 is 23.9 Å². The minimum Gasteiger partial charge on any atom is -0.373 e. The van der Waals surface area contributed by atoms with Crippen molar-refractivity contribution in [3.05, 3.63) is 36.5 Å². The van der Waals surface area contributed by atoms with Crippen molar-refractivity contribution in [1.82, 2.24) is 15.2 Å². The minimum absolute atomic E-state index is 0.218. The van der Waals surface area contributed by atoms with E-state index in [1.54, 1.807) is 24.4 Å². The Hall–Kier alpha value is -3.33. The van der Waals surface area contributed by atoms with E-state index in [4.69, 9.17) is 4.74 Å². The van der Waals surface area contributed by atoms with E-state index in [0.717, 1.165) is 23.1 Å². The van der Waals surface area contributed by atoms with Crippen LogP contribution in [0.15, 0.2) is 36.5 Å². The van der Waals surface area contributed by atoms with Gasteiger partial charge in [0.1, 0.15) is 6.54 Å². The third-order valence-electron chi connectivity index (χ3n) is 6.03. The topological polar surface area (TPSA) is 118 Å². The molecule has 4 atom stereocenters. The lowest BCUT2D eigenvalue weighted by molar-refractivity contribution is -0.145. The molecule has 9 nitrogen and oxygen atoms in total. The molecule has 3 aliphatic heterocycles. The summed E-state index contributed by atoms with van der Waals surface area (Å²) in [5.41, 5.74) is 1.19. The first kappa shape index (κ1) is 18.7. The molecule has 3 aliphatic rings. The molecule has 1 aromatic heterocycles. The summed E-state index contributed by atoms with van der Waals surface area (Å²) in [7, 11) is 0. The highest BCUT2D eigenvalue weighted by atomic mass is 16.5. The van der Waals surface area contributed by atoms with Crippen molar-refractivity contribution in [2.24, 2.45) is 11.8 Å². The lowest BCUT2D eigenvalue weighted by Gasteiger charge is -2.17. The van der Waals surface area contributed by atoms with Crippen LogP contribution in [0.25, 0.3) is 10.9 Å². The number of aromatic nitrogens is 1. The Labute approximate surface area is 171 Å². The fourth-order valence-corrected chi connectivity index (χ4v) is 4.71. The molecule has 4 heterocycles. The number of imide groups is 1. The van der Waals surface area contributed by atoms with Crippen LogP contribution >= 0.6 is 0 Å². The molecule has 2 N–H and O–H groups in total. The number of anilines is 1. The number of rotatable bonds is 5. The Bertz CT molecular complexity index is 1040. The predicted octanol–water partition coefficient (Wildman–Crippen LogP) is 0.452. The Morgan fingerprint density at radius 3 is 2.47 bits per heavy atom. The van der Waals surface area contributed by atoms with Crippen molar-refractivity contribution >= 4 is 40.2 Å². The molecule has 4 amide bonds. The molecular weight excluding hydrogens is 388 g/mol. The highest BCUT2D eigenvalue weighted by Gasteiger charge is 2.62. The molecule has 4 unspecified atom stereocenters. The third-order valence-corrected chi connectivity index (χ3v) is 6.03. The molecule has 2 aromatic rings. The average Bonchev–Trinajstić information content (AvgIpc) is 3.43. The standard InChI is InChI=1S/C21H20N4O5/c26-15(24-12-5-1-3-11-4-2-8-22-19(11)12)9-23-16(27)10-25-20(28)17-13-6-7-14(30-13)18(17)21(25)29/h1-5,8,13-14,17-18H,6-7,9-10H2,(H,23,27)(H,24,26). The molecule has 3 saturated heterocycles.